The van der Waals surface area contributed by atoms with Crippen LogP contribution in [-0.2, 0) is 0 Å². The van der Waals surface area contributed by atoms with Gasteiger partial charge in [-0.15, -0.1) is 0 Å². The summed E-state index contributed by atoms with van der Waals surface area (Å²) in [5.41, 5.74) is 0.985. The molecular formula is C14H18N6O. The van der Waals surface area contributed by atoms with E-state index >= 15 is 0 Å². The number of methoxy groups -OCH3 is 1. The molecule has 1 aliphatic rings. The van der Waals surface area contributed by atoms with Gasteiger partial charge in [0.25, 0.3) is 0 Å². The van der Waals surface area contributed by atoms with Gasteiger partial charge < -0.3 is 14.5 Å². The van der Waals surface area contributed by atoms with E-state index in [1.165, 1.54) is 0 Å². The van der Waals surface area contributed by atoms with Gasteiger partial charge in [-0.2, -0.15) is 4.98 Å². The number of ether oxygens (including phenoxy) is 1. The van der Waals surface area contributed by atoms with E-state index in [0.29, 0.717) is 11.8 Å². The lowest BCUT2D eigenvalue weighted by Crippen LogP contribution is -2.47. The van der Waals surface area contributed by atoms with Crippen molar-refractivity contribution in [3.8, 4) is 5.88 Å². The zero-order valence-corrected chi connectivity index (χ0v) is 12.2. The molecule has 0 atom stereocenters. The van der Waals surface area contributed by atoms with Gasteiger partial charge in [-0.25, -0.2) is 15.0 Å². The van der Waals surface area contributed by atoms with E-state index < -0.39 is 0 Å². The minimum Gasteiger partial charge on any atom is -0.481 e. The summed E-state index contributed by atoms with van der Waals surface area (Å²) < 4.78 is 5.14. The highest BCUT2D eigenvalue weighted by atomic mass is 16.5. The Morgan fingerprint density at radius 2 is 1.81 bits per heavy atom. The summed E-state index contributed by atoms with van der Waals surface area (Å²) in [4.78, 5) is 21.6. The number of anilines is 2. The third-order valence-electron chi connectivity index (χ3n) is 3.50. The standard InChI is InChI=1S/C14H18N6O/c1-11-9-12(17-10-16-11)19-5-7-20(8-6-19)14-15-4-3-13(18-14)21-2/h3-4,9-10H,5-8H2,1-2H3. The van der Waals surface area contributed by atoms with E-state index in [2.05, 4.69) is 29.7 Å². The molecule has 21 heavy (non-hydrogen) atoms. The lowest BCUT2D eigenvalue weighted by Gasteiger charge is -2.35. The largest absolute Gasteiger partial charge is 0.481 e. The van der Waals surface area contributed by atoms with E-state index in [4.69, 9.17) is 4.74 Å². The van der Waals surface area contributed by atoms with E-state index in [1.807, 2.05) is 13.0 Å². The summed E-state index contributed by atoms with van der Waals surface area (Å²) in [5, 5.41) is 0. The Labute approximate surface area is 123 Å². The van der Waals surface area contributed by atoms with Crippen LogP contribution < -0.4 is 14.5 Å². The topological polar surface area (TPSA) is 67.3 Å². The van der Waals surface area contributed by atoms with Crippen LogP contribution in [0.1, 0.15) is 5.69 Å². The Balaban J connectivity index is 1.67. The molecule has 0 spiro atoms. The maximum atomic E-state index is 5.14. The molecule has 3 heterocycles. The highest BCUT2D eigenvalue weighted by Crippen LogP contribution is 2.17. The van der Waals surface area contributed by atoms with Gasteiger partial charge in [0.2, 0.25) is 11.8 Å². The van der Waals surface area contributed by atoms with Crippen LogP contribution in [-0.4, -0.2) is 53.2 Å². The molecule has 1 saturated heterocycles. The second-order valence-corrected chi connectivity index (χ2v) is 4.89. The first-order valence-electron chi connectivity index (χ1n) is 6.92. The van der Waals surface area contributed by atoms with E-state index in [1.54, 1.807) is 25.7 Å². The molecule has 2 aromatic heterocycles. The van der Waals surface area contributed by atoms with Gasteiger partial charge in [-0.3, -0.25) is 0 Å². The highest BCUT2D eigenvalue weighted by Gasteiger charge is 2.20. The van der Waals surface area contributed by atoms with Crippen LogP contribution in [0.25, 0.3) is 0 Å². The van der Waals surface area contributed by atoms with Crippen LogP contribution in [0.2, 0.25) is 0 Å². The Morgan fingerprint density at radius 1 is 1.05 bits per heavy atom. The fraction of sp³-hybridized carbons (Fsp3) is 0.429. The summed E-state index contributed by atoms with van der Waals surface area (Å²) in [6.07, 6.45) is 3.34. The molecule has 3 rings (SSSR count). The lowest BCUT2D eigenvalue weighted by atomic mass is 10.3. The molecule has 1 aliphatic heterocycles. The SMILES string of the molecule is COc1ccnc(N2CCN(c3cc(C)ncn3)CC2)n1. The van der Waals surface area contributed by atoms with Crippen molar-refractivity contribution in [3.63, 3.8) is 0 Å². The van der Waals surface area contributed by atoms with Crippen LogP contribution in [0.4, 0.5) is 11.8 Å². The van der Waals surface area contributed by atoms with E-state index in [0.717, 1.165) is 37.7 Å². The third kappa shape index (κ3) is 3.01. The molecule has 0 aromatic carbocycles. The molecular weight excluding hydrogens is 268 g/mol. The van der Waals surface area contributed by atoms with Crippen molar-refractivity contribution in [3.05, 3.63) is 30.4 Å². The molecule has 0 aliphatic carbocycles. The predicted molar refractivity (Wildman–Crippen MR) is 79.8 cm³/mol. The third-order valence-corrected chi connectivity index (χ3v) is 3.50. The Bertz CT molecular complexity index is 612. The highest BCUT2D eigenvalue weighted by molar-refractivity contribution is 5.42. The van der Waals surface area contributed by atoms with Gasteiger partial charge >= 0.3 is 0 Å². The number of nitrogens with zero attached hydrogens (tertiary/aromatic N) is 6. The summed E-state index contributed by atoms with van der Waals surface area (Å²) in [6.45, 7) is 5.46. The summed E-state index contributed by atoms with van der Waals surface area (Å²) in [6, 6.07) is 3.77. The molecule has 110 valence electrons. The molecule has 0 radical (unpaired) electrons. The molecule has 0 amide bonds. The van der Waals surface area contributed by atoms with Crippen molar-refractivity contribution < 1.29 is 4.74 Å². The maximum Gasteiger partial charge on any atom is 0.228 e. The van der Waals surface area contributed by atoms with Crippen molar-refractivity contribution in [2.75, 3.05) is 43.1 Å². The summed E-state index contributed by atoms with van der Waals surface area (Å²) in [7, 11) is 1.61. The number of aryl methyl sites for hydroxylation is 1. The zero-order chi connectivity index (χ0) is 14.7. The monoisotopic (exact) mass is 286 g/mol. The molecule has 2 aromatic rings. The molecule has 0 unspecified atom stereocenters. The Hall–Kier alpha value is -2.44. The van der Waals surface area contributed by atoms with Crippen molar-refractivity contribution in [2.45, 2.75) is 6.92 Å². The molecule has 1 fully saturated rings. The second kappa shape index (κ2) is 5.90. The van der Waals surface area contributed by atoms with Crippen LogP contribution >= 0.6 is 0 Å². The average Bonchev–Trinajstić information content (AvgIpc) is 2.55. The smallest absolute Gasteiger partial charge is 0.228 e. The van der Waals surface area contributed by atoms with Crippen LogP contribution in [0.3, 0.4) is 0 Å². The van der Waals surface area contributed by atoms with Gasteiger partial charge in [0.1, 0.15) is 12.1 Å². The number of hydrogen-bond donors (Lipinski definition) is 0. The molecule has 0 bridgehead atoms. The number of hydrogen-bond acceptors (Lipinski definition) is 7. The Morgan fingerprint density at radius 3 is 2.52 bits per heavy atom. The predicted octanol–water partition coefficient (Wildman–Crippen LogP) is 0.910. The van der Waals surface area contributed by atoms with Gasteiger partial charge in [0.15, 0.2) is 0 Å². The fourth-order valence-electron chi connectivity index (χ4n) is 2.35. The lowest BCUT2D eigenvalue weighted by molar-refractivity contribution is 0.396. The van der Waals surface area contributed by atoms with Gasteiger partial charge in [0, 0.05) is 50.2 Å². The summed E-state index contributed by atoms with van der Waals surface area (Å²) in [5.74, 6) is 2.29. The van der Waals surface area contributed by atoms with Crippen LogP contribution in [0.15, 0.2) is 24.7 Å². The first-order chi connectivity index (χ1) is 10.3. The van der Waals surface area contributed by atoms with Gasteiger partial charge in [0.05, 0.1) is 7.11 Å². The number of rotatable bonds is 3. The van der Waals surface area contributed by atoms with E-state index in [-0.39, 0.29) is 0 Å². The molecule has 7 heteroatoms. The van der Waals surface area contributed by atoms with Gasteiger partial charge in [-0.1, -0.05) is 0 Å². The zero-order valence-electron chi connectivity index (χ0n) is 12.2. The minimum atomic E-state index is 0.592. The summed E-state index contributed by atoms with van der Waals surface area (Å²) >= 11 is 0. The van der Waals surface area contributed by atoms with Crippen molar-refractivity contribution in [2.24, 2.45) is 0 Å². The Kier molecular flexibility index (Phi) is 3.81. The molecule has 0 saturated carbocycles. The first kappa shape index (κ1) is 13.5. The second-order valence-electron chi connectivity index (χ2n) is 4.89. The number of aromatic nitrogens is 4. The quantitative estimate of drug-likeness (QED) is 0.830. The van der Waals surface area contributed by atoms with E-state index in [9.17, 15) is 0 Å². The average molecular weight is 286 g/mol. The van der Waals surface area contributed by atoms with Gasteiger partial charge in [-0.05, 0) is 6.92 Å². The minimum absolute atomic E-state index is 0.592. The van der Waals surface area contributed by atoms with Crippen molar-refractivity contribution in [1.82, 2.24) is 19.9 Å². The van der Waals surface area contributed by atoms with Crippen LogP contribution in [0, 0.1) is 6.92 Å². The fourth-order valence-corrected chi connectivity index (χ4v) is 2.35. The van der Waals surface area contributed by atoms with Crippen molar-refractivity contribution in [1.29, 1.82) is 0 Å². The molecule has 0 N–H and O–H groups in total. The number of piperazine rings is 1. The maximum absolute atomic E-state index is 5.14. The molecule has 7 nitrogen and oxygen atoms in total. The van der Waals surface area contributed by atoms with Crippen molar-refractivity contribution >= 4 is 11.8 Å². The normalized spacial score (nSPS) is 15.1. The first-order valence-corrected chi connectivity index (χ1v) is 6.92. The van der Waals surface area contributed by atoms with Crippen LogP contribution in [0.5, 0.6) is 5.88 Å².